The summed E-state index contributed by atoms with van der Waals surface area (Å²) in [5.41, 5.74) is 0.246. The Morgan fingerprint density at radius 1 is 1.40 bits per heavy atom. The maximum atomic E-state index is 11.3. The maximum absolute atomic E-state index is 11.3. The number of nitrogens with zero attached hydrogens (tertiary/aromatic N) is 1. The Morgan fingerprint density at radius 3 is 2.75 bits per heavy atom. The average molecular weight is 281 g/mol. The number of hydrogen-bond acceptors (Lipinski definition) is 5. The van der Waals surface area contributed by atoms with E-state index in [0.29, 0.717) is 25.4 Å². The summed E-state index contributed by atoms with van der Waals surface area (Å²) in [4.78, 5) is 21.9. The van der Waals surface area contributed by atoms with E-state index in [0.717, 1.165) is 0 Å². The molecule has 7 nitrogen and oxygen atoms in total. The Balaban J connectivity index is 2.76. The lowest BCUT2D eigenvalue weighted by molar-refractivity contribution is -0.384. The van der Waals surface area contributed by atoms with Gasteiger partial charge in [0.2, 0.25) is 5.91 Å². The third-order valence-corrected chi connectivity index (χ3v) is 2.52. The molecule has 110 valence electrons. The lowest BCUT2D eigenvalue weighted by Gasteiger charge is -2.10. The fourth-order valence-electron chi connectivity index (χ4n) is 1.72. The average Bonchev–Trinajstić information content (AvgIpc) is 2.39. The van der Waals surface area contributed by atoms with E-state index in [9.17, 15) is 14.9 Å². The van der Waals surface area contributed by atoms with Crippen LogP contribution in [-0.2, 0) is 4.79 Å². The molecule has 1 amide bonds. The van der Waals surface area contributed by atoms with Crippen LogP contribution in [0.15, 0.2) is 18.2 Å². The molecule has 2 N–H and O–H groups in total. The highest BCUT2D eigenvalue weighted by Crippen LogP contribution is 2.34. The number of amides is 1. The van der Waals surface area contributed by atoms with Crippen LogP contribution >= 0.6 is 0 Å². The molecule has 20 heavy (non-hydrogen) atoms. The van der Waals surface area contributed by atoms with Crippen molar-refractivity contribution < 1.29 is 14.5 Å². The molecule has 0 atom stereocenters. The smallest absolute Gasteiger partial charge is 0.333 e. The van der Waals surface area contributed by atoms with Gasteiger partial charge in [0, 0.05) is 19.5 Å². The van der Waals surface area contributed by atoms with Gasteiger partial charge in [-0.1, -0.05) is 6.07 Å². The van der Waals surface area contributed by atoms with E-state index in [2.05, 4.69) is 10.6 Å². The van der Waals surface area contributed by atoms with Crippen molar-refractivity contribution in [3.8, 4) is 5.75 Å². The van der Waals surface area contributed by atoms with Crippen molar-refractivity contribution >= 4 is 17.3 Å². The Morgan fingerprint density at radius 2 is 2.15 bits per heavy atom. The van der Waals surface area contributed by atoms with E-state index in [1.54, 1.807) is 25.1 Å². The molecule has 1 aromatic carbocycles. The number of hydrogen-bond donors (Lipinski definition) is 2. The van der Waals surface area contributed by atoms with Crippen LogP contribution in [0.3, 0.4) is 0 Å². The summed E-state index contributed by atoms with van der Waals surface area (Å²) in [6.45, 7) is 4.84. The van der Waals surface area contributed by atoms with Crippen LogP contribution in [0, 0.1) is 10.1 Å². The van der Waals surface area contributed by atoms with Crippen molar-refractivity contribution in [3.05, 3.63) is 28.3 Å². The summed E-state index contributed by atoms with van der Waals surface area (Å²) in [5.74, 6) is 0.129. The van der Waals surface area contributed by atoms with E-state index in [1.165, 1.54) is 0 Å². The number of nitrogens with one attached hydrogen (secondary N) is 2. The highest BCUT2D eigenvalue weighted by Gasteiger charge is 2.20. The lowest BCUT2D eigenvalue weighted by atomic mass is 10.2. The molecule has 7 heteroatoms. The Hall–Kier alpha value is -2.31. The van der Waals surface area contributed by atoms with Crippen LogP contribution in [0.25, 0.3) is 0 Å². The van der Waals surface area contributed by atoms with E-state index in [-0.39, 0.29) is 23.8 Å². The number of carbonyl (C=O) groups excluding carboxylic acids is 1. The molecule has 0 radical (unpaired) electrons. The minimum absolute atomic E-state index is 0.0939. The summed E-state index contributed by atoms with van der Waals surface area (Å²) in [6, 6.07) is 4.82. The molecule has 0 aliphatic rings. The molecule has 0 aromatic heterocycles. The molecular formula is C13H19N3O4. The molecule has 0 aliphatic carbocycles. The van der Waals surface area contributed by atoms with Gasteiger partial charge < -0.3 is 15.4 Å². The zero-order valence-corrected chi connectivity index (χ0v) is 11.6. The zero-order chi connectivity index (χ0) is 15.0. The summed E-state index contributed by atoms with van der Waals surface area (Å²) in [7, 11) is 0. The first-order chi connectivity index (χ1) is 9.60. The number of carbonyl (C=O) groups is 1. The second-order valence-electron chi connectivity index (χ2n) is 3.97. The first-order valence-electron chi connectivity index (χ1n) is 6.50. The topological polar surface area (TPSA) is 93.5 Å². The number of ether oxygens (including phenoxy) is 1. The third kappa shape index (κ3) is 4.42. The molecule has 1 rings (SSSR count). The van der Waals surface area contributed by atoms with Crippen molar-refractivity contribution in [3.63, 3.8) is 0 Å². The normalized spacial score (nSPS) is 9.90. The largest absolute Gasteiger partial charge is 0.487 e. The van der Waals surface area contributed by atoms with Crippen LogP contribution in [0.1, 0.15) is 20.3 Å². The zero-order valence-electron chi connectivity index (χ0n) is 11.6. The van der Waals surface area contributed by atoms with Gasteiger partial charge in [-0.25, -0.2) is 0 Å². The fourth-order valence-corrected chi connectivity index (χ4v) is 1.72. The highest BCUT2D eigenvalue weighted by molar-refractivity contribution is 5.77. The SMILES string of the molecule is CCNC(=O)CCNc1cccc(OCC)c1[N+](=O)[O-]. The molecule has 1 aromatic rings. The Kier molecular flexibility index (Phi) is 6.28. The molecule has 0 unspecified atom stereocenters. The van der Waals surface area contributed by atoms with Crippen molar-refractivity contribution in [1.82, 2.24) is 5.32 Å². The van der Waals surface area contributed by atoms with Gasteiger partial charge in [0.05, 0.1) is 11.5 Å². The molecule has 0 fully saturated rings. The second kappa shape index (κ2) is 7.98. The van der Waals surface area contributed by atoms with Gasteiger partial charge in [-0.15, -0.1) is 0 Å². The summed E-state index contributed by atoms with van der Waals surface area (Å²) in [5, 5.41) is 16.7. The monoisotopic (exact) mass is 281 g/mol. The molecule has 0 aliphatic heterocycles. The van der Waals surface area contributed by atoms with Crippen molar-refractivity contribution in [2.75, 3.05) is 25.0 Å². The van der Waals surface area contributed by atoms with Gasteiger partial charge in [-0.2, -0.15) is 0 Å². The highest BCUT2D eigenvalue weighted by atomic mass is 16.6. The molecule has 0 heterocycles. The van der Waals surface area contributed by atoms with Gasteiger partial charge in [-0.05, 0) is 26.0 Å². The lowest BCUT2D eigenvalue weighted by Crippen LogP contribution is -2.24. The molecule has 0 bridgehead atoms. The van der Waals surface area contributed by atoms with Crippen LogP contribution < -0.4 is 15.4 Å². The van der Waals surface area contributed by atoms with E-state index >= 15 is 0 Å². The molecule has 0 saturated carbocycles. The van der Waals surface area contributed by atoms with E-state index in [4.69, 9.17) is 4.74 Å². The Bertz CT molecular complexity index is 477. The number of benzene rings is 1. The molecular weight excluding hydrogens is 262 g/mol. The Labute approximate surface area is 117 Å². The number of nitro benzene ring substituents is 1. The van der Waals surface area contributed by atoms with Crippen LogP contribution in [0.5, 0.6) is 5.75 Å². The van der Waals surface area contributed by atoms with E-state index in [1.807, 2.05) is 6.92 Å². The third-order valence-electron chi connectivity index (χ3n) is 2.52. The van der Waals surface area contributed by atoms with Gasteiger partial charge in [0.25, 0.3) is 0 Å². The maximum Gasteiger partial charge on any atom is 0.333 e. The molecule has 0 saturated heterocycles. The van der Waals surface area contributed by atoms with Crippen molar-refractivity contribution in [2.45, 2.75) is 20.3 Å². The minimum atomic E-state index is -0.487. The number of para-hydroxylation sites is 1. The van der Waals surface area contributed by atoms with Crippen LogP contribution in [-0.4, -0.2) is 30.5 Å². The quantitative estimate of drug-likeness (QED) is 0.561. The van der Waals surface area contributed by atoms with Crippen LogP contribution in [0.2, 0.25) is 0 Å². The summed E-state index contributed by atoms with van der Waals surface area (Å²) >= 11 is 0. The standard InChI is InChI=1S/C13H19N3O4/c1-3-14-12(17)8-9-15-10-6-5-7-11(20-4-2)13(10)16(18)19/h5-7,15H,3-4,8-9H2,1-2H3,(H,14,17). The second-order valence-corrected chi connectivity index (χ2v) is 3.97. The first kappa shape index (κ1) is 15.7. The summed E-state index contributed by atoms with van der Waals surface area (Å²) < 4.78 is 5.24. The van der Waals surface area contributed by atoms with Gasteiger partial charge in [0.1, 0.15) is 5.69 Å². The van der Waals surface area contributed by atoms with Gasteiger partial charge in [-0.3, -0.25) is 14.9 Å². The van der Waals surface area contributed by atoms with Crippen molar-refractivity contribution in [2.24, 2.45) is 0 Å². The minimum Gasteiger partial charge on any atom is -0.487 e. The fraction of sp³-hybridized carbons (Fsp3) is 0.462. The predicted molar refractivity (Wildman–Crippen MR) is 76.1 cm³/mol. The van der Waals surface area contributed by atoms with E-state index < -0.39 is 4.92 Å². The summed E-state index contributed by atoms with van der Waals surface area (Å²) in [6.07, 6.45) is 0.254. The van der Waals surface area contributed by atoms with Crippen LogP contribution in [0.4, 0.5) is 11.4 Å². The number of anilines is 1. The molecule has 0 spiro atoms. The van der Waals surface area contributed by atoms with Gasteiger partial charge >= 0.3 is 5.69 Å². The first-order valence-corrected chi connectivity index (χ1v) is 6.50. The predicted octanol–water partition coefficient (Wildman–Crippen LogP) is 1.93. The number of rotatable bonds is 8. The number of nitro groups is 1. The van der Waals surface area contributed by atoms with Gasteiger partial charge in [0.15, 0.2) is 5.75 Å². The van der Waals surface area contributed by atoms with Crippen molar-refractivity contribution in [1.29, 1.82) is 0 Å².